The Morgan fingerprint density at radius 2 is 2.15 bits per heavy atom. The summed E-state index contributed by atoms with van der Waals surface area (Å²) >= 11 is 0. The monoisotopic (exact) mass is 274 g/mol. The van der Waals surface area contributed by atoms with Crippen molar-refractivity contribution in [2.45, 2.75) is 44.7 Å². The normalized spacial score (nSPS) is 20.2. The molecule has 0 heterocycles. The molecular formula is C16H22N2O2. The molecule has 2 fully saturated rings. The van der Waals surface area contributed by atoms with E-state index in [9.17, 15) is 9.90 Å². The van der Waals surface area contributed by atoms with Crippen molar-refractivity contribution in [3.8, 4) is 5.75 Å². The number of benzene rings is 1. The van der Waals surface area contributed by atoms with E-state index in [1.54, 1.807) is 12.1 Å². The van der Waals surface area contributed by atoms with Gasteiger partial charge in [0, 0.05) is 19.1 Å². The molecule has 0 spiro atoms. The summed E-state index contributed by atoms with van der Waals surface area (Å²) in [6, 6.07) is 7.54. The van der Waals surface area contributed by atoms with Crippen molar-refractivity contribution in [2.75, 3.05) is 6.54 Å². The largest absolute Gasteiger partial charge is 0.508 e. The molecule has 2 saturated carbocycles. The Hall–Kier alpha value is -1.55. The molecule has 0 aromatic heterocycles. The first-order chi connectivity index (χ1) is 9.64. The van der Waals surface area contributed by atoms with Crippen LogP contribution in [-0.2, 0) is 11.3 Å². The predicted molar refractivity (Wildman–Crippen MR) is 77.0 cm³/mol. The van der Waals surface area contributed by atoms with Gasteiger partial charge in [-0.2, -0.15) is 0 Å². The third-order valence-electron chi connectivity index (χ3n) is 4.67. The van der Waals surface area contributed by atoms with Crippen LogP contribution in [0.3, 0.4) is 0 Å². The van der Waals surface area contributed by atoms with Gasteiger partial charge >= 0.3 is 0 Å². The molecule has 2 aliphatic rings. The second-order valence-electron chi connectivity index (χ2n) is 6.17. The Kier molecular flexibility index (Phi) is 3.42. The highest BCUT2D eigenvalue weighted by atomic mass is 16.3. The van der Waals surface area contributed by atoms with Gasteiger partial charge in [0.2, 0.25) is 5.91 Å². The maximum absolute atomic E-state index is 12.8. The number of amides is 1. The topological polar surface area (TPSA) is 66.6 Å². The van der Waals surface area contributed by atoms with Crippen LogP contribution < -0.4 is 5.73 Å². The summed E-state index contributed by atoms with van der Waals surface area (Å²) in [5.41, 5.74) is 6.54. The lowest BCUT2D eigenvalue weighted by molar-refractivity contribution is -0.148. The molecule has 2 aliphatic carbocycles. The number of nitrogens with two attached hydrogens (primary N) is 1. The summed E-state index contributed by atoms with van der Waals surface area (Å²) in [5.74, 6) is 0.472. The third-order valence-corrected chi connectivity index (χ3v) is 4.67. The van der Waals surface area contributed by atoms with Crippen molar-refractivity contribution in [1.29, 1.82) is 0 Å². The Balaban J connectivity index is 1.77. The third kappa shape index (κ3) is 2.40. The molecule has 0 saturated heterocycles. The number of hydrogen-bond donors (Lipinski definition) is 2. The van der Waals surface area contributed by atoms with Crippen molar-refractivity contribution in [3.63, 3.8) is 0 Å². The zero-order valence-corrected chi connectivity index (χ0v) is 11.7. The molecule has 1 aromatic carbocycles. The lowest BCUT2D eigenvalue weighted by Gasteiger charge is -2.43. The molecule has 3 N–H and O–H groups in total. The zero-order valence-electron chi connectivity index (χ0n) is 11.7. The van der Waals surface area contributed by atoms with Crippen LogP contribution in [0.1, 0.15) is 37.7 Å². The quantitative estimate of drug-likeness (QED) is 0.863. The number of phenols is 1. The Morgan fingerprint density at radius 1 is 1.40 bits per heavy atom. The number of hydrogen-bond acceptors (Lipinski definition) is 3. The van der Waals surface area contributed by atoms with Crippen molar-refractivity contribution < 1.29 is 9.90 Å². The van der Waals surface area contributed by atoms with E-state index in [-0.39, 0.29) is 17.1 Å². The Morgan fingerprint density at radius 3 is 2.65 bits per heavy atom. The molecule has 0 unspecified atom stereocenters. The highest BCUT2D eigenvalue weighted by Gasteiger charge is 2.47. The lowest BCUT2D eigenvalue weighted by atomic mass is 9.67. The first-order valence-corrected chi connectivity index (χ1v) is 7.44. The minimum atomic E-state index is -0.306. The van der Waals surface area contributed by atoms with Gasteiger partial charge in [0.05, 0.1) is 5.41 Å². The first kappa shape index (κ1) is 13.4. The summed E-state index contributed by atoms with van der Waals surface area (Å²) in [6.45, 7) is 1.04. The number of aromatic hydroxyl groups is 1. The summed E-state index contributed by atoms with van der Waals surface area (Å²) in [5, 5.41) is 9.56. The summed E-state index contributed by atoms with van der Waals surface area (Å²) in [7, 11) is 0. The van der Waals surface area contributed by atoms with Crippen LogP contribution in [0.2, 0.25) is 0 Å². The molecule has 108 valence electrons. The minimum absolute atomic E-state index is 0.220. The van der Waals surface area contributed by atoms with E-state index in [1.165, 1.54) is 0 Å². The van der Waals surface area contributed by atoms with E-state index in [1.807, 2.05) is 17.0 Å². The van der Waals surface area contributed by atoms with Gasteiger partial charge in [-0.1, -0.05) is 18.6 Å². The number of carbonyl (C=O) groups excluding carboxylic acids is 1. The van der Waals surface area contributed by atoms with E-state index < -0.39 is 0 Å². The van der Waals surface area contributed by atoms with Crippen LogP contribution in [0.5, 0.6) is 5.75 Å². The van der Waals surface area contributed by atoms with Crippen molar-refractivity contribution in [2.24, 2.45) is 11.1 Å². The van der Waals surface area contributed by atoms with Gasteiger partial charge in [0.25, 0.3) is 0 Å². The van der Waals surface area contributed by atoms with Gasteiger partial charge < -0.3 is 15.7 Å². The Bertz CT molecular complexity index is 501. The lowest BCUT2D eigenvalue weighted by Crippen LogP contribution is -2.52. The highest BCUT2D eigenvalue weighted by molar-refractivity contribution is 5.84. The smallest absolute Gasteiger partial charge is 0.230 e. The molecule has 0 bridgehead atoms. The standard InChI is InChI=1S/C16H22N2O2/c17-11-16(7-2-8-16)15(20)18(13-5-6-13)10-12-3-1-4-14(19)9-12/h1,3-4,9,13,19H,2,5-8,10-11,17H2. The summed E-state index contributed by atoms with van der Waals surface area (Å²) < 4.78 is 0. The molecular weight excluding hydrogens is 252 g/mol. The minimum Gasteiger partial charge on any atom is -0.508 e. The first-order valence-electron chi connectivity index (χ1n) is 7.44. The maximum atomic E-state index is 12.8. The summed E-state index contributed by atoms with van der Waals surface area (Å²) in [4.78, 5) is 14.8. The molecule has 4 heteroatoms. The van der Waals surface area contributed by atoms with Crippen LogP contribution in [0.15, 0.2) is 24.3 Å². The molecule has 20 heavy (non-hydrogen) atoms. The second-order valence-corrected chi connectivity index (χ2v) is 6.17. The number of phenolic OH excluding ortho intramolecular Hbond substituents is 1. The van der Waals surface area contributed by atoms with Crippen LogP contribution in [-0.4, -0.2) is 28.5 Å². The Labute approximate surface area is 119 Å². The molecule has 1 aromatic rings. The van der Waals surface area contributed by atoms with Crippen LogP contribution in [0.25, 0.3) is 0 Å². The van der Waals surface area contributed by atoms with Gasteiger partial charge in [-0.15, -0.1) is 0 Å². The fourth-order valence-electron chi connectivity index (χ4n) is 3.02. The van der Waals surface area contributed by atoms with E-state index in [2.05, 4.69) is 0 Å². The fourth-order valence-corrected chi connectivity index (χ4v) is 3.02. The molecule has 0 atom stereocenters. The van der Waals surface area contributed by atoms with Gasteiger partial charge in [0.1, 0.15) is 5.75 Å². The fraction of sp³-hybridized carbons (Fsp3) is 0.562. The summed E-state index contributed by atoms with van der Waals surface area (Å²) in [6.07, 6.45) is 5.13. The van der Waals surface area contributed by atoms with Crippen LogP contribution in [0.4, 0.5) is 0 Å². The molecule has 4 nitrogen and oxygen atoms in total. The molecule has 1 amide bonds. The van der Waals surface area contributed by atoms with Gasteiger partial charge in [-0.25, -0.2) is 0 Å². The van der Waals surface area contributed by atoms with Crippen molar-refractivity contribution in [1.82, 2.24) is 4.90 Å². The molecule has 0 aliphatic heterocycles. The van der Waals surface area contributed by atoms with Crippen LogP contribution in [0, 0.1) is 5.41 Å². The zero-order chi connectivity index (χ0) is 14.2. The second kappa shape index (κ2) is 5.09. The van der Waals surface area contributed by atoms with Gasteiger partial charge in [0.15, 0.2) is 0 Å². The van der Waals surface area contributed by atoms with Crippen molar-refractivity contribution >= 4 is 5.91 Å². The average Bonchev–Trinajstić information content (AvgIpc) is 3.19. The molecule has 3 rings (SSSR count). The van der Waals surface area contributed by atoms with Crippen LogP contribution >= 0.6 is 0 Å². The SMILES string of the molecule is NCC1(C(=O)N(Cc2cccc(O)c2)C2CC2)CCC1. The maximum Gasteiger partial charge on any atom is 0.230 e. The van der Waals surface area contributed by atoms with E-state index in [0.717, 1.165) is 37.7 Å². The highest BCUT2D eigenvalue weighted by Crippen LogP contribution is 2.44. The van der Waals surface area contributed by atoms with Gasteiger partial charge in [-0.3, -0.25) is 4.79 Å². The number of nitrogens with zero attached hydrogens (tertiary/aromatic N) is 1. The average molecular weight is 274 g/mol. The number of rotatable bonds is 5. The van der Waals surface area contributed by atoms with Crippen molar-refractivity contribution in [3.05, 3.63) is 29.8 Å². The van der Waals surface area contributed by atoms with E-state index >= 15 is 0 Å². The number of carbonyl (C=O) groups is 1. The van der Waals surface area contributed by atoms with Gasteiger partial charge in [-0.05, 0) is 43.4 Å². The van der Waals surface area contributed by atoms with E-state index in [4.69, 9.17) is 5.73 Å². The van der Waals surface area contributed by atoms with E-state index in [0.29, 0.717) is 19.1 Å². The predicted octanol–water partition coefficient (Wildman–Crippen LogP) is 2.01. The molecule has 0 radical (unpaired) electrons.